The molecule has 23 heavy (non-hydrogen) atoms. The number of unbranched alkanes of at least 4 members (excludes halogenated alkanes) is 1. The Morgan fingerprint density at radius 2 is 2.09 bits per heavy atom. The highest BCUT2D eigenvalue weighted by Gasteiger charge is 2.28. The molecule has 2 fully saturated rings. The van der Waals surface area contributed by atoms with Crippen molar-refractivity contribution in [2.75, 3.05) is 45.5 Å². The van der Waals surface area contributed by atoms with Gasteiger partial charge < -0.3 is 15.1 Å². The third-order valence-corrected chi connectivity index (χ3v) is 6.33. The monoisotopic (exact) mass is 340 g/mol. The van der Waals surface area contributed by atoms with Crippen molar-refractivity contribution < 1.29 is 0 Å². The number of thioether (sulfide) groups is 1. The van der Waals surface area contributed by atoms with Crippen LogP contribution in [0.2, 0.25) is 0 Å². The molecule has 2 rings (SSSR count). The zero-order chi connectivity index (χ0) is 16.7. The van der Waals surface area contributed by atoms with E-state index in [1.807, 2.05) is 7.05 Å². The number of piperidine rings is 1. The minimum Gasteiger partial charge on any atom is -0.356 e. The van der Waals surface area contributed by atoms with Gasteiger partial charge in [0.05, 0.1) is 0 Å². The summed E-state index contributed by atoms with van der Waals surface area (Å²) in [4.78, 5) is 9.58. The predicted octanol–water partition coefficient (Wildman–Crippen LogP) is 3.04. The van der Waals surface area contributed by atoms with Gasteiger partial charge in [0.1, 0.15) is 0 Å². The van der Waals surface area contributed by atoms with Crippen LogP contribution in [0.5, 0.6) is 0 Å². The van der Waals surface area contributed by atoms with E-state index in [0.29, 0.717) is 4.75 Å². The van der Waals surface area contributed by atoms with E-state index >= 15 is 0 Å². The lowest BCUT2D eigenvalue weighted by atomic mass is 10.0. The zero-order valence-electron chi connectivity index (χ0n) is 15.6. The smallest absolute Gasteiger partial charge is 0.193 e. The highest BCUT2D eigenvalue weighted by Crippen LogP contribution is 2.29. The Labute approximate surface area is 147 Å². The van der Waals surface area contributed by atoms with E-state index in [-0.39, 0.29) is 0 Å². The summed E-state index contributed by atoms with van der Waals surface area (Å²) in [5.74, 6) is 2.28. The first-order valence-corrected chi connectivity index (χ1v) is 10.3. The highest BCUT2D eigenvalue weighted by molar-refractivity contribution is 8.00. The van der Waals surface area contributed by atoms with Gasteiger partial charge >= 0.3 is 0 Å². The van der Waals surface area contributed by atoms with E-state index in [4.69, 9.17) is 0 Å². The number of rotatable bonds is 5. The van der Waals surface area contributed by atoms with Crippen molar-refractivity contribution in [1.29, 1.82) is 0 Å². The van der Waals surface area contributed by atoms with Gasteiger partial charge in [-0.3, -0.25) is 4.99 Å². The molecule has 2 heterocycles. The van der Waals surface area contributed by atoms with E-state index in [2.05, 4.69) is 52.6 Å². The molecule has 2 aliphatic heterocycles. The van der Waals surface area contributed by atoms with Crippen LogP contribution in [0.3, 0.4) is 0 Å². The summed E-state index contributed by atoms with van der Waals surface area (Å²) in [5.41, 5.74) is 0. The van der Waals surface area contributed by atoms with Gasteiger partial charge in [0.15, 0.2) is 5.96 Å². The molecule has 0 bridgehead atoms. The minimum absolute atomic E-state index is 0.334. The third-order valence-electron chi connectivity index (χ3n) is 5.03. The summed E-state index contributed by atoms with van der Waals surface area (Å²) in [7, 11) is 1.91. The Balaban J connectivity index is 1.64. The molecule has 4 nitrogen and oxygen atoms in total. The molecule has 1 N–H and O–H groups in total. The molecule has 2 aliphatic rings. The summed E-state index contributed by atoms with van der Waals surface area (Å²) in [6.45, 7) is 12.8. The molecule has 1 atom stereocenters. The van der Waals surface area contributed by atoms with Crippen LogP contribution in [0.15, 0.2) is 4.99 Å². The Kier molecular flexibility index (Phi) is 7.54. The zero-order valence-corrected chi connectivity index (χ0v) is 16.4. The van der Waals surface area contributed by atoms with Crippen molar-refractivity contribution in [3.05, 3.63) is 0 Å². The quantitative estimate of drug-likeness (QED) is 0.473. The van der Waals surface area contributed by atoms with Gasteiger partial charge in [0.2, 0.25) is 0 Å². The molecule has 0 aromatic carbocycles. The van der Waals surface area contributed by atoms with Crippen molar-refractivity contribution in [3.8, 4) is 0 Å². The molecule has 1 unspecified atom stereocenters. The van der Waals surface area contributed by atoms with Crippen LogP contribution in [0.25, 0.3) is 0 Å². The van der Waals surface area contributed by atoms with Crippen LogP contribution in [-0.2, 0) is 0 Å². The fraction of sp³-hybridized carbons (Fsp3) is 0.944. The topological polar surface area (TPSA) is 30.9 Å². The number of aliphatic imine (C=N–C) groups is 1. The van der Waals surface area contributed by atoms with Gasteiger partial charge in [-0.2, -0.15) is 11.8 Å². The molecule has 0 aromatic heterocycles. The maximum Gasteiger partial charge on any atom is 0.193 e. The van der Waals surface area contributed by atoms with Crippen LogP contribution < -0.4 is 5.32 Å². The second-order valence-electron chi connectivity index (χ2n) is 7.59. The maximum atomic E-state index is 4.49. The summed E-state index contributed by atoms with van der Waals surface area (Å²) < 4.78 is 0.334. The predicted molar refractivity (Wildman–Crippen MR) is 104 cm³/mol. The normalized spacial score (nSPS) is 26.3. The van der Waals surface area contributed by atoms with Crippen molar-refractivity contribution in [2.45, 2.75) is 63.7 Å². The van der Waals surface area contributed by atoms with Gasteiger partial charge in [-0.15, -0.1) is 0 Å². The number of likely N-dealkylation sites (tertiary alicyclic amines) is 1. The van der Waals surface area contributed by atoms with Crippen LogP contribution in [0.4, 0.5) is 0 Å². The SMILES string of the molecule is CN=C(NCCCCN1CCCCC1C)N1CCSC(C)(C)C1. The lowest BCUT2D eigenvalue weighted by molar-refractivity contribution is 0.158. The van der Waals surface area contributed by atoms with Crippen molar-refractivity contribution in [1.82, 2.24) is 15.1 Å². The van der Waals surface area contributed by atoms with E-state index in [1.54, 1.807) is 0 Å². The standard InChI is InChI=1S/C18H36N4S/c1-16-9-5-7-11-21(16)12-8-6-10-20-17(19-4)22-13-14-23-18(2,3)15-22/h16H,5-15H2,1-4H3,(H,19,20). The van der Waals surface area contributed by atoms with Crippen molar-refractivity contribution in [2.24, 2.45) is 4.99 Å². The first kappa shape index (κ1) is 18.9. The number of guanidine groups is 1. The number of hydrogen-bond donors (Lipinski definition) is 1. The Hall–Kier alpha value is -0.420. The lowest BCUT2D eigenvalue weighted by Crippen LogP contribution is -2.51. The largest absolute Gasteiger partial charge is 0.356 e. The van der Waals surface area contributed by atoms with E-state index in [9.17, 15) is 0 Å². The molecule has 0 amide bonds. The Bertz CT molecular complexity index is 383. The molecular weight excluding hydrogens is 304 g/mol. The van der Waals surface area contributed by atoms with Gasteiger partial charge in [-0.05, 0) is 59.5 Å². The number of nitrogens with one attached hydrogen (secondary N) is 1. The number of hydrogen-bond acceptors (Lipinski definition) is 3. The molecule has 2 saturated heterocycles. The minimum atomic E-state index is 0.334. The first-order chi connectivity index (χ1) is 11.0. The summed E-state index contributed by atoms with van der Waals surface area (Å²) in [5, 5.41) is 3.57. The Morgan fingerprint density at radius 1 is 1.26 bits per heavy atom. The fourth-order valence-corrected chi connectivity index (χ4v) is 4.77. The Morgan fingerprint density at radius 3 is 2.78 bits per heavy atom. The molecule has 0 saturated carbocycles. The highest BCUT2D eigenvalue weighted by atomic mass is 32.2. The van der Waals surface area contributed by atoms with Crippen LogP contribution in [-0.4, -0.2) is 72.1 Å². The molecular formula is C18H36N4S. The van der Waals surface area contributed by atoms with Gasteiger partial charge in [-0.1, -0.05) is 6.42 Å². The third kappa shape index (κ3) is 6.18. The maximum absolute atomic E-state index is 4.49. The summed E-state index contributed by atoms with van der Waals surface area (Å²) in [6, 6.07) is 0.789. The lowest BCUT2D eigenvalue weighted by Gasteiger charge is -2.39. The van der Waals surface area contributed by atoms with Gasteiger partial charge in [0.25, 0.3) is 0 Å². The fourth-order valence-electron chi connectivity index (χ4n) is 3.66. The average molecular weight is 341 g/mol. The molecule has 0 spiro atoms. The van der Waals surface area contributed by atoms with Crippen LogP contribution in [0, 0.1) is 0 Å². The van der Waals surface area contributed by atoms with Crippen LogP contribution >= 0.6 is 11.8 Å². The summed E-state index contributed by atoms with van der Waals surface area (Å²) in [6.07, 6.45) is 6.70. The number of nitrogens with zero attached hydrogens (tertiary/aromatic N) is 3. The second kappa shape index (κ2) is 9.16. The first-order valence-electron chi connectivity index (χ1n) is 9.35. The van der Waals surface area contributed by atoms with Gasteiger partial charge in [0, 0.05) is 43.2 Å². The van der Waals surface area contributed by atoms with Gasteiger partial charge in [-0.25, -0.2) is 0 Å². The molecule has 0 aliphatic carbocycles. The average Bonchev–Trinajstić information content (AvgIpc) is 2.51. The summed E-state index contributed by atoms with van der Waals surface area (Å²) >= 11 is 2.07. The molecule has 134 valence electrons. The van der Waals surface area contributed by atoms with E-state index in [0.717, 1.165) is 31.6 Å². The molecule has 0 radical (unpaired) electrons. The van der Waals surface area contributed by atoms with E-state index in [1.165, 1.54) is 50.9 Å². The van der Waals surface area contributed by atoms with Crippen molar-refractivity contribution >= 4 is 17.7 Å². The van der Waals surface area contributed by atoms with E-state index < -0.39 is 0 Å². The van der Waals surface area contributed by atoms with Crippen LogP contribution in [0.1, 0.15) is 52.9 Å². The second-order valence-corrected chi connectivity index (χ2v) is 9.39. The van der Waals surface area contributed by atoms with Crippen molar-refractivity contribution in [3.63, 3.8) is 0 Å². The molecule has 5 heteroatoms. The molecule has 0 aromatic rings.